The molecule has 0 fully saturated rings. The summed E-state index contributed by atoms with van der Waals surface area (Å²) in [7, 11) is 0. The number of hydrogen-bond donors (Lipinski definition) is 0. The van der Waals surface area contributed by atoms with Gasteiger partial charge in [-0.1, -0.05) is 13.8 Å². The lowest BCUT2D eigenvalue weighted by molar-refractivity contribution is 0.101. The number of aryl methyl sites for hydroxylation is 1. The van der Waals surface area contributed by atoms with E-state index in [1.54, 1.807) is 12.4 Å². The van der Waals surface area contributed by atoms with E-state index < -0.39 is 0 Å². The van der Waals surface area contributed by atoms with E-state index in [9.17, 15) is 4.79 Å². The van der Waals surface area contributed by atoms with Gasteiger partial charge in [-0.05, 0) is 19.1 Å². The number of rotatable bonds is 3. The van der Waals surface area contributed by atoms with Crippen LogP contribution in [0, 0.1) is 12.8 Å². The minimum Gasteiger partial charge on any atom is -0.293 e. The standard InChI is InChI=1S/C13H13N2OS/c1-8(2)11(16)12-9(3)15-13(17-12)10-5-4-6-14-7-10/h4-7H,1-3H3. The highest BCUT2D eigenvalue weighted by Gasteiger charge is 2.18. The fourth-order valence-electron chi connectivity index (χ4n) is 1.45. The Labute approximate surface area is 105 Å². The molecule has 2 rings (SSSR count). The van der Waals surface area contributed by atoms with Crippen molar-refractivity contribution in [3.63, 3.8) is 0 Å². The van der Waals surface area contributed by atoms with Crippen LogP contribution in [0.1, 0.15) is 29.2 Å². The van der Waals surface area contributed by atoms with Gasteiger partial charge in [0.15, 0.2) is 5.78 Å². The predicted octanol–water partition coefficient (Wildman–Crippen LogP) is 3.31. The van der Waals surface area contributed by atoms with Crippen molar-refractivity contribution in [3.8, 4) is 10.6 Å². The maximum Gasteiger partial charge on any atom is 0.181 e. The first-order chi connectivity index (χ1) is 8.09. The van der Waals surface area contributed by atoms with Gasteiger partial charge in [-0.2, -0.15) is 0 Å². The van der Waals surface area contributed by atoms with Crippen molar-refractivity contribution in [2.75, 3.05) is 0 Å². The summed E-state index contributed by atoms with van der Waals surface area (Å²) in [5.41, 5.74) is 1.74. The van der Waals surface area contributed by atoms with Gasteiger partial charge in [0.2, 0.25) is 0 Å². The Bertz CT molecular complexity index is 532. The molecule has 0 saturated carbocycles. The van der Waals surface area contributed by atoms with Gasteiger partial charge >= 0.3 is 0 Å². The van der Waals surface area contributed by atoms with Crippen molar-refractivity contribution >= 4 is 17.1 Å². The topological polar surface area (TPSA) is 42.9 Å². The zero-order valence-electron chi connectivity index (χ0n) is 10.0. The highest BCUT2D eigenvalue weighted by molar-refractivity contribution is 7.17. The molecule has 3 nitrogen and oxygen atoms in total. The number of hydrogen-bond acceptors (Lipinski definition) is 4. The molecule has 0 atom stereocenters. The van der Waals surface area contributed by atoms with Crippen LogP contribution in [0.25, 0.3) is 10.6 Å². The molecule has 0 aromatic carbocycles. The Morgan fingerprint density at radius 2 is 2.12 bits per heavy atom. The summed E-state index contributed by atoms with van der Waals surface area (Å²) in [6.45, 7) is 5.52. The first-order valence-corrected chi connectivity index (χ1v) is 6.14. The van der Waals surface area contributed by atoms with Crippen molar-refractivity contribution in [2.45, 2.75) is 20.8 Å². The van der Waals surface area contributed by atoms with Gasteiger partial charge in [0, 0.05) is 23.9 Å². The summed E-state index contributed by atoms with van der Waals surface area (Å²) in [4.78, 5) is 21.1. The Balaban J connectivity index is 2.41. The van der Waals surface area contributed by atoms with E-state index in [1.165, 1.54) is 11.3 Å². The molecule has 0 aliphatic heterocycles. The average molecular weight is 245 g/mol. The number of pyridine rings is 1. The number of ketones is 1. The number of nitrogens with zero attached hydrogens (tertiary/aromatic N) is 2. The smallest absolute Gasteiger partial charge is 0.181 e. The van der Waals surface area contributed by atoms with Gasteiger partial charge in [0.25, 0.3) is 0 Å². The highest BCUT2D eigenvalue weighted by Crippen LogP contribution is 2.29. The van der Waals surface area contributed by atoms with Gasteiger partial charge in [-0.25, -0.2) is 4.98 Å². The summed E-state index contributed by atoms with van der Waals surface area (Å²) >= 11 is 1.43. The van der Waals surface area contributed by atoms with Crippen molar-refractivity contribution in [3.05, 3.63) is 41.0 Å². The monoisotopic (exact) mass is 245 g/mol. The van der Waals surface area contributed by atoms with Gasteiger partial charge in [-0.15, -0.1) is 11.3 Å². The first kappa shape index (κ1) is 11.9. The molecule has 0 bridgehead atoms. The Morgan fingerprint density at radius 3 is 2.71 bits per heavy atom. The zero-order chi connectivity index (χ0) is 12.4. The van der Waals surface area contributed by atoms with E-state index >= 15 is 0 Å². The van der Waals surface area contributed by atoms with Crippen molar-refractivity contribution in [1.29, 1.82) is 0 Å². The summed E-state index contributed by atoms with van der Waals surface area (Å²) in [5.74, 6) is 0.865. The maximum absolute atomic E-state index is 11.9. The fraction of sp³-hybridized carbons (Fsp3) is 0.231. The third-order valence-corrected chi connectivity index (χ3v) is 3.57. The minimum absolute atomic E-state index is 0.0788. The molecule has 0 N–H and O–H groups in total. The number of carbonyl (C=O) groups excluding carboxylic acids is 1. The Morgan fingerprint density at radius 1 is 1.35 bits per heavy atom. The van der Waals surface area contributed by atoms with E-state index in [1.807, 2.05) is 32.9 Å². The molecule has 4 heteroatoms. The summed E-state index contributed by atoms with van der Waals surface area (Å²) in [6.07, 6.45) is 3.48. The zero-order valence-corrected chi connectivity index (χ0v) is 10.8. The van der Waals surface area contributed by atoms with Crippen LogP contribution >= 0.6 is 11.3 Å². The molecule has 0 amide bonds. The Hall–Kier alpha value is -1.55. The second-order valence-corrected chi connectivity index (χ2v) is 5.00. The van der Waals surface area contributed by atoms with Gasteiger partial charge in [0.1, 0.15) is 5.01 Å². The number of aromatic nitrogens is 2. The van der Waals surface area contributed by atoms with Crippen molar-refractivity contribution in [1.82, 2.24) is 9.97 Å². The lowest BCUT2D eigenvalue weighted by Gasteiger charge is -1.99. The molecule has 0 saturated heterocycles. The molecular weight excluding hydrogens is 232 g/mol. The molecule has 0 aliphatic carbocycles. The molecule has 2 aromatic heterocycles. The van der Waals surface area contributed by atoms with Crippen LogP contribution in [0.15, 0.2) is 24.5 Å². The fourth-order valence-corrected chi connectivity index (χ4v) is 2.55. The minimum atomic E-state index is 0.0788. The van der Waals surface area contributed by atoms with Gasteiger partial charge in [-0.3, -0.25) is 9.78 Å². The summed E-state index contributed by atoms with van der Waals surface area (Å²) in [6, 6.07) is 3.81. The van der Waals surface area contributed by atoms with E-state index in [0.29, 0.717) is 0 Å². The maximum atomic E-state index is 11.9. The quantitative estimate of drug-likeness (QED) is 0.779. The van der Waals surface area contributed by atoms with Crippen LogP contribution in [0.4, 0.5) is 0 Å². The summed E-state index contributed by atoms with van der Waals surface area (Å²) < 4.78 is 0. The number of Topliss-reactive ketones (excluding diaryl/α,β-unsaturated/α-hetero) is 1. The number of thiazole rings is 1. The van der Waals surface area contributed by atoms with Crippen LogP contribution in [-0.2, 0) is 0 Å². The second kappa shape index (κ2) is 4.75. The molecular formula is C13H13N2OS. The van der Waals surface area contributed by atoms with Crippen molar-refractivity contribution in [2.24, 2.45) is 0 Å². The third-order valence-electron chi connectivity index (χ3n) is 2.37. The molecule has 2 aromatic rings. The van der Waals surface area contributed by atoms with Crippen LogP contribution in [0.5, 0.6) is 0 Å². The molecule has 1 radical (unpaired) electrons. The van der Waals surface area contributed by atoms with Crippen molar-refractivity contribution < 1.29 is 4.79 Å². The van der Waals surface area contributed by atoms with E-state index in [-0.39, 0.29) is 5.78 Å². The van der Waals surface area contributed by atoms with Gasteiger partial charge < -0.3 is 0 Å². The van der Waals surface area contributed by atoms with E-state index in [4.69, 9.17) is 0 Å². The SMILES string of the molecule is C[C](C)C(=O)c1sc(-c2cccnc2)nc1C. The lowest BCUT2D eigenvalue weighted by atomic mass is 10.1. The first-order valence-electron chi connectivity index (χ1n) is 5.32. The average Bonchev–Trinajstić information content (AvgIpc) is 2.71. The molecule has 17 heavy (non-hydrogen) atoms. The summed E-state index contributed by atoms with van der Waals surface area (Å²) in [5, 5.41) is 0.847. The van der Waals surface area contributed by atoms with Gasteiger partial charge in [0.05, 0.1) is 10.6 Å². The second-order valence-electron chi connectivity index (χ2n) is 4.00. The van der Waals surface area contributed by atoms with Crippen LogP contribution < -0.4 is 0 Å². The normalized spacial score (nSPS) is 10.8. The van der Waals surface area contributed by atoms with Crippen LogP contribution in [0.2, 0.25) is 0 Å². The van der Waals surface area contributed by atoms with Crippen LogP contribution in [0.3, 0.4) is 0 Å². The molecule has 87 valence electrons. The van der Waals surface area contributed by atoms with E-state index in [2.05, 4.69) is 9.97 Å². The largest absolute Gasteiger partial charge is 0.293 e. The van der Waals surface area contributed by atoms with Crippen LogP contribution in [-0.4, -0.2) is 15.8 Å². The molecule has 2 heterocycles. The lowest BCUT2D eigenvalue weighted by Crippen LogP contribution is -2.04. The van der Waals surface area contributed by atoms with E-state index in [0.717, 1.165) is 27.1 Å². The highest BCUT2D eigenvalue weighted by atomic mass is 32.1. The Kier molecular flexibility index (Phi) is 3.33. The molecule has 0 unspecified atom stereocenters. The third kappa shape index (κ3) is 2.42. The molecule has 0 spiro atoms. The molecule has 0 aliphatic rings. The predicted molar refractivity (Wildman–Crippen MR) is 69.0 cm³/mol. The number of carbonyl (C=O) groups is 1.